The van der Waals surface area contributed by atoms with Crippen LogP contribution in [0.25, 0.3) is 0 Å². The van der Waals surface area contributed by atoms with Gasteiger partial charge in [0.25, 0.3) is 5.91 Å². The van der Waals surface area contributed by atoms with E-state index < -0.39 is 4.92 Å². The smallest absolute Gasteiger partial charge is 0.324 e. The van der Waals surface area contributed by atoms with Crippen LogP contribution in [-0.4, -0.2) is 40.5 Å². The van der Waals surface area contributed by atoms with Gasteiger partial charge in [0.15, 0.2) is 0 Å². The Morgan fingerprint density at radius 2 is 2.29 bits per heavy atom. The Balaban J connectivity index is 2.75. The van der Waals surface area contributed by atoms with E-state index in [0.29, 0.717) is 24.4 Å². The predicted molar refractivity (Wildman–Crippen MR) is 64.3 cm³/mol. The van der Waals surface area contributed by atoms with Gasteiger partial charge in [0, 0.05) is 25.8 Å². The second-order valence-corrected chi connectivity index (χ2v) is 4.42. The Morgan fingerprint density at radius 3 is 2.76 bits per heavy atom. The van der Waals surface area contributed by atoms with Crippen LogP contribution in [0.2, 0.25) is 0 Å². The number of rotatable bonds is 6. The van der Waals surface area contributed by atoms with Crippen molar-refractivity contribution in [3.63, 3.8) is 0 Å². The zero-order valence-corrected chi connectivity index (χ0v) is 10.3. The van der Waals surface area contributed by atoms with E-state index in [9.17, 15) is 14.9 Å². The Morgan fingerprint density at radius 1 is 1.59 bits per heavy atom. The minimum absolute atomic E-state index is 0.0222. The van der Waals surface area contributed by atoms with E-state index in [2.05, 4.69) is 0 Å². The fourth-order valence-electron chi connectivity index (χ4n) is 1.36. The molecule has 0 saturated heterocycles. The summed E-state index contributed by atoms with van der Waals surface area (Å²) in [5, 5.41) is 19.2. The van der Waals surface area contributed by atoms with Gasteiger partial charge in [-0.3, -0.25) is 14.9 Å². The molecule has 0 fully saturated rings. The lowest BCUT2D eigenvalue weighted by molar-refractivity contribution is -0.380. The zero-order chi connectivity index (χ0) is 12.8. The molecule has 7 heteroatoms. The van der Waals surface area contributed by atoms with Crippen molar-refractivity contribution in [2.75, 3.05) is 19.7 Å². The lowest BCUT2D eigenvalue weighted by Gasteiger charge is -2.19. The summed E-state index contributed by atoms with van der Waals surface area (Å²) in [4.78, 5) is 23.9. The maximum atomic E-state index is 11.9. The lowest BCUT2D eigenvalue weighted by Crippen LogP contribution is -2.31. The quantitative estimate of drug-likeness (QED) is 0.619. The number of hydrogen-bond donors (Lipinski definition) is 1. The topological polar surface area (TPSA) is 83.7 Å². The predicted octanol–water partition coefficient (Wildman–Crippen LogP) is 1.50. The van der Waals surface area contributed by atoms with Crippen molar-refractivity contribution in [1.29, 1.82) is 0 Å². The summed E-state index contributed by atoms with van der Waals surface area (Å²) in [5.74, 6) is -0.223. The third kappa shape index (κ3) is 3.50. The number of aliphatic hydroxyl groups excluding tert-OH is 1. The molecule has 1 heterocycles. The number of nitrogens with zero attached hydrogens (tertiary/aromatic N) is 2. The Labute approximate surface area is 103 Å². The molecule has 1 amide bonds. The first-order chi connectivity index (χ1) is 8.10. The maximum absolute atomic E-state index is 11.9. The molecule has 0 aliphatic heterocycles. The zero-order valence-electron chi connectivity index (χ0n) is 9.46. The number of aliphatic hydroxyl groups is 1. The Bertz CT molecular complexity index is 405. The van der Waals surface area contributed by atoms with E-state index in [1.54, 1.807) is 4.90 Å². The number of carbonyl (C=O) groups excluding carboxylic acids is 1. The van der Waals surface area contributed by atoms with Gasteiger partial charge in [0.1, 0.15) is 0 Å². The van der Waals surface area contributed by atoms with Crippen LogP contribution in [0, 0.1) is 10.1 Å². The van der Waals surface area contributed by atoms with Crippen molar-refractivity contribution in [2.45, 2.75) is 13.3 Å². The monoisotopic (exact) mass is 258 g/mol. The molecule has 0 aromatic carbocycles. The fraction of sp³-hybridized carbons (Fsp3) is 0.500. The molecule has 0 atom stereocenters. The molecule has 0 saturated carbocycles. The van der Waals surface area contributed by atoms with Gasteiger partial charge in [-0.25, -0.2) is 0 Å². The van der Waals surface area contributed by atoms with Crippen molar-refractivity contribution in [1.82, 2.24) is 4.90 Å². The highest BCUT2D eigenvalue weighted by Crippen LogP contribution is 2.25. The van der Waals surface area contributed by atoms with Crippen LogP contribution in [-0.2, 0) is 0 Å². The van der Waals surface area contributed by atoms with Crippen molar-refractivity contribution in [3.05, 3.63) is 27.1 Å². The molecule has 6 nitrogen and oxygen atoms in total. The molecule has 0 spiro atoms. The van der Waals surface area contributed by atoms with Gasteiger partial charge in [-0.05, 0) is 19.4 Å². The van der Waals surface area contributed by atoms with E-state index in [0.717, 1.165) is 11.3 Å². The molecule has 0 aliphatic rings. The molecule has 17 heavy (non-hydrogen) atoms. The average Bonchev–Trinajstić information content (AvgIpc) is 2.79. The highest BCUT2D eigenvalue weighted by molar-refractivity contribution is 7.17. The van der Waals surface area contributed by atoms with Gasteiger partial charge in [0.2, 0.25) is 0 Å². The molecular formula is C10H14N2O4S. The van der Waals surface area contributed by atoms with Crippen molar-refractivity contribution in [3.8, 4) is 0 Å². The van der Waals surface area contributed by atoms with Gasteiger partial charge < -0.3 is 10.0 Å². The first-order valence-corrected chi connectivity index (χ1v) is 6.06. The van der Waals surface area contributed by atoms with Crippen LogP contribution >= 0.6 is 11.3 Å². The molecule has 1 N–H and O–H groups in total. The highest BCUT2D eigenvalue weighted by atomic mass is 32.1. The first kappa shape index (κ1) is 13.6. The van der Waals surface area contributed by atoms with Crippen LogP contribution < -0.4 is 0 Å². The van der Waals surface area contributed by atoms with Gasteiger partial charge in [-0.1, -0.05) is 11.3 Å². The third-order valence-electron chi connectivity index (χ3n) is 2.24. The number of hydrogen-bond acceptors (Lipinski definition) is 5. The summed E-state index contributed by atoms with van der Waals surface area (Å²) in [6.45, 7) is 2.83. The minimum Gasteiger partial charge on any atom is -0.396 e. The molecule has 0 aliphatic carbocycles. The van der Waals surface area contributed by atoms with Gasteiger partial charge in [-0.2, -0.15) is 0 Å². The Kier molecular flexibility index (Phi) is 5.05. The molecule has 0 radical (unpaired) electrons. The molecule has 94 valence electrons. The van der Waals surface area contributed by atoms with E-state index in [4.69, 9.17) is 5.11 Å². The molecular weight excluding hydrogens is 244 g/mol. The summed E-state index contributed by atoms with van der Waals surface area (Å²) in [7, 11) is 0. The van der Waals surface area contributed by atoms with Crippen LogP contribution in [0.15, 0.2) is 12.1 Å². The summed E-state index contributed by atoms with van der Waals surface area (Å²) < 4.78 is 0. The Hall–Kier alpha value is -1.47. The van der Waals surface area contributed by atoms with Gasteiger partial charge in [-0.15, -0.1) is 0 Å². The van der Waals surface area contributed by atoms with Crippen LogP contribution in [0.5, 0.6) is 0 Å². The number of thiophene rings is 1. The number of amides is 1. The summed E-state index contributed by atoms with van der Waals surface area (Å²) >= 11 is 0.873. The molecule has 1 rings (SSSR count). The van der Waals surface area contributed by atoms with Crippen LogP contribution in [0.1, 0.15) is 23.0 Å². The SMILES string of the molecule is CCN(CCCO)C(=O)c1ccc([N+](=O)[O-])s1. The van der Waals surface area contributed by atoms with Crippen molar-refractivity contribution >= 4 is 22.2 Å². The minimum atomic E-state index is -0.508. The average molecular weight is 258 g/mol. The summed E-state index contributed by atoms with van der Waals surface area (Å²) in [5.41, 5.74) is 0. The lowest BCUT2D eigenvalue weighted by atomic mass is 10.3. The third-order valence-corrected chi connectivity index (χ3v) is 3.26. The van der Waals surface area contributed by atoms with E-state index in [-0.39, 0.29) is 17.5 Å². The normalized spacial score (nSPS) is 10.2. The van der Waals surface area contributed by atoms with Crippen molar-refractivity contribution < 1.29 is 14.8 Å². The van der Waals surface area contributed by atoms with Crippen LogP contribution in [0.4, 0.5) is 5.00 Å². The largest absolute Gasteiger partial charge is 0.396 e. The van der Waals surface area contributed by atoms with E-state index >= 15 is 0 Å². The van der Waals surface area contributed by atoms with Gasteiger partial charge >= 0.3 is 5.00 Å². The summed E-state index contributed by atoms with van der Waals surface area (Å²) in [6, 6.07) is 2.80. The summed E-state index contributed by atoms with van der Waals surface area (Å²) in [6.07, 6.45) is 0.507. The van der Waals surface area contributed by atoms with E-state index in [1.165, 1.54) is 12.1 Å². The molecule has 0 bridgehead atoms. The standard InChI is InChI=1S/C10H14N2O4S/c1-2-11(6-3-7-13)10(14)8-4-5-9(17-8)12(15)16/h4-5,13H,2-3,6-7H2,1H3. The number of nitro groups is 1. The molecule has 1 aromatic rings. The molecule has 0 unspecified atom stereocenters. The first-order valence-electron chi connectivity index (χ1n) is 5.24. The highest BCUT2D eigenvalue weighted by Gasteiger charge is 2.19. The second-order valence-electron chi connectivity index (χ2n) is 3.36. The van der Waals surface area contributed by atoms with E-state index in [1.807, 2.05) is 6.92 Å². The molecule has 1 aromatic heterocycles. The maximum Gasteiger partial charge on any atom is 0.324 e. The van der Waals surface area contributed by atoms with Crippen LogP contribution in [0.3, 0.4) is 0 Å². The fourth-order valence-corrected chi connectivity index (χ4v) is 2.15. The van der Waals surface area contributed by atoms with Gasteiger partial charge in [0.05, 0.1) is 9.80 Å². The number of carbonyl (C=O) groups is 1. The van der Waals surface area contributed by atoms with Crippen molar-refractivity contribution in [2.24, 2.45) is 0 Å². The second kappa shape index (κ2) is 6.31.